The highest BCUT2D eigenvalue weighted by Crippen LogP contribution is 2.65. The molecule has 4 fully saturated rings. The van der Waals surface area contributed by atoms with Crippen molar-refractivity contribution >= 4 is 5.91 Å². The van der Waals surface area contributed by atoms with Crippen LogP contribution in [0.1, 0.15) is 88.9 Å². The van der Waals surface area contributed by atoms with E-state index in [0.29, 0.717) is 11.3 Å². The zero-order valence-corrected chi connectivity index (χ0v) is 20.6. The van der Waals surface area contributed by atoms with Crippen LogP contribution in [-0.4, -0.2) is 34.6 Å². The summed E-state index contributed by atoms with van der Waals surface area (Å²) in [6, 6.07) is 10.0. The van der Waals surface area contributed by atoms with Gasteiger partial charge in [-0.3, -0.25) is 4.79 Å². The first-order chi connectivity index (χ1) is 15.2. The van der Waals surface area contributed by atoms with Gasteiger partial charge in [-0.25, -0.2) is 0 Å². The minimum atomic E-state index is -0.430. The molecule has 176 valence electrons. The number of rotatable bonds is 3. The summed E-state index contributed by atoms with van der Waals surface area (Å²) >= 11 is 0. The zero-order valence-electron chi connectivity index (χ0n) is 20.6. The van der Waals surface area contributed by atoms with Crippen LogP contribution < -0.4 is 0 Å². The van der Waals surface area contributed by atoms with Crippen molar-refractivity contribution in [1.82, 2.24) is 4.90 Å². The summed E-state index contributed by atoms with van der Waals surface area (Å²) in [6.45, 7) is 6.93. The molecule has 3 nitrogen and oxygen atoms in total. The molecule has 4 aliphatic rings. The molecule has 4 aliphatic carbocycles. The number of carbonyl (C=O) groups is 1. The van der Waals surface area contributed by atoms with Crippen LogP contribution in [0.4, 0.5) is 0 Å². The highest BCUT2D eigenvalue weighted by atomic mass is 16.3. The van der Waals surface area contributed by atoms with E-state index in [2.05, 4.69) is 20.8 Å². The van der Waals surface area contributed by atoms with Crippen molar-refractivity contribution in [3.05, 3.63) is 35.9 Å². The van der Waals surface area contributed by atoms with Crippen molar-refractivity contribution < 1.29 is 9.90 Å². The topological polar surface area (TPSA) is 40.5 Å². The number of carbonyl (C=O) groups excluding carboxylic acids is 1. The molecular formula is C29H43NO2. The Balaban J connectivity index is 1.31. The molecule has 0 heterocycles. The Hall–Kier alpha value is -1.35. The fourth-order valence-corrected chi connectivity index (χ4v) is 9.15. The molecule has 0 aromatic heterocycles. The Morgan fingerprint density at radius 1 is 0.969 bits per heavy atom. The largest absolute Gasteiger partial charge is 0.390 e. The van der Waals surface area contributed by atoms with Gasteiger partial charge in [-0.15, -0.1) is 0 Å². The van der Waals surface area contributed by atoms with Gasteiger partial charge >= 0.3 is 0 Å². The Bertz CT molecular complexity index is 835. The van der Waals surface area contributed by atoms with Gasteiger partial charge in [0.1, 0.15) is 0 Å². The molecule has 0 aliphatic heterocycles. The lowest BCUT2D eigenvalue weighted by molar-refractivity contribution is -0.103. The summed E-state index contributed by atoms with van der Waals surface area (Å²) in [7, 11) is 2.02. The normalized spacial score (nSPS) is 44.2. The molecule has 1 aromatic rings. The van der Waals surface area contributed by atoms with Gasteiger partial charge in [0.25, 0.3) is 5.91 Å². The van der Waals surface area contributed by atoms with E-state index < -0.39 is 5.60 Å². The van der Waals surface area contributed by atoms with E-state index in [1.54, 1.807) is 0 Å². The fourth-order valence-electron chi connectivity index (χ4n) is 9.15. The van der Waals surface area contributed by atoms with Crippen LogP contribution in [0.25, 0.3) is 0 Å². The van der Waals surface area contributed by atoms with Crippen molar-refractivity contribution in [1.29, 1.82) is 0 Å². The number of fused-ring (bicyclic) bond motifs is 5. The standard InChI is InChI=1S/C29H43NO2/c1-19(30(4)27(31)20-8-6-5-7-9-20)25-12-13-26-24-11-10-21-18-28(2,32)16-14-22(21)23(24)15-17-29(25,26)3/h5-9,19,21-26,32H,10-18H2,1-4H3/t19-,21-,22+,23?,24-,25-,26?,28-,29-/m1/s1. The molecule has 1 N–H and O–H groups in total. The quantitative estimate of drug-likeness (QED) is 0.614. The maximum atomic E-state index is 13.2. The number of amides is 1. The molecule has 4 saturated carbocycles. The first kappa shape index (κ1) is 22.4. The van der Waals surface area contributed by atoms with E-state index in [1.807, 2.05) is 42.3 Å². The third-order valence-corrected chi connectivity index (χ3v) is 10.8. The molecule has 9 atom stereocenters. The second-order valence-corrected chi connectivity index (χ2v) is 12.4. The molecule has 0 saturated heterocycles. The average molecular weight is 438 g/mol. The molecule has 3 heteroatoms. The van der Waals surface area contributed by atoms with Gasteiger partial charge in [0, 0.05) is 18.7 Å². The second-order valence-electron chi connectivity index (χ2n) is 12.4. The van der Waals surface area contributed by atoms with Gasteiger partial charge in [-0.05, 0) is 125 Å². The summed E-state index contributed by atoms with van der Waals surface area (Å²) in [5, 5.41) is 10.6. The number of hydrogen-bond donors (Lipinski definition) is 1. The summed E-state index contributed by atoms with van der Waals surface area (Å²) in [5.74, 6) is 4.90. The van der Waals surface area contributed by atoms with Crippen molar-refractivity contribution in [2.45, 2.75) is 90.2 Å². The van der Waals surface area contributed by atoms with Gasteiger partial charge in [0.2, 0.25) is 0 Å². The lowest BCUT2D eigenvalue weighted by atomic mass is 9.48. The van der Waals surface area contributed by atoms with E-state index in [-0.39, 0.29) is 11.9 Å². The second kappa shape index (κ2) is 8.15. The van der Waals surface area contributed by atoms with E-state index >= 15 is 0 Å². The van der Waals surface area contributed by atoms with Gasteiger partial charge in [0.05, 0.1) is 5.60 Å². The van der Waals surface area contributed by atoms with Crippen molar-refractivity contribution in [2.75, 3.05) is 7.05 Å². The van der Waals surface area contributed by atoms with Gasteiger partial charge < -0.3 is 10.0 Å². The summed E-state index contributed by atoms with van der Waals surface area (Å²) in [5.41, 5.74) is 0.733. The lowest BCUT2D eigenvalue weighted by Crippen LogP contribution is -2.52. The lowest BCUT2D eigenvalue weighted by Gasteiger charge is -2.57. The van der Waals surface area contributed by atoms with Crippen LogP contribution in [0, 0.1) is 40.9 Å². The minimum Gasteiger partial charge on any atom is -0.390 e. The summed E-state index contributed by atoms with van der Waals surface area (Å²) < 4.78 is 0. The monoisotopic (exact) mass is 437 g/mol. The molecule has 2 unspecified atom stereocenters. The Morgan fingerprint density at radius 2 is 1.69 bits per heavy atom. The number of benzene rings is 1. The average Bonchev–Trinajstić information content (AvgIpc) is 3.14. The number of aliphatic hydroxyl groups is 1. The third-order valence-electron chi connectivity index (χ3n) is 10.8. The fraction of sp³-hybridized carbons (Fsp3) is 0.759. The van der Waals surface area contributed by atoms with Crippen LogP contribution in [0.5, 0.6) is 0 Å². The molecule has 5 rings (SSSR count). The summed E-state index contributed by atoms with van der Waals surface area (Å²) in [6.07, 6.45) is 11.2. The van der Waals surface area contributed by atoms with Gasteiger partial charge in [0.15, 0.2) is 0 Å². The molecule has 1 amide bonds. The third kappa shape index (κ3) is 3.63. The van der Waals surface area contributed by atoms with Crippen LogP contribution in [0.15, 0.2) is 30.3 Å². The van der Waals surface area contributed by atoms with E-state index in [9.17, 15) is 9.90 Å². The SMILES string of the molecule is C[C@H]([C@H]1CCC2[C@@H]3CC[C@@H]4C[C@](C)(O)CC[C@@H]4C3CC[C@@]21C)N(C)C(=O)c1ccccc1. The first-order valence-electron chi connectivity index (χ1n) is 13.3. The van der Waals surface area contributed by atoms with Crippen LogP contribution in [0.3, 0.4) is 0 Å². The maximum absolute atomic E-state index is 13.2. The van der Waals surface area contributed by atoms with Crippen molar-refractivity contribution in [2.24, 2.45) is 40.9 Å². The van der Waals surface area contributed by atoms with Gasteiger partial charge in [-0.2, -0.15) is 0 Å². The zero-order chi connectivity index (χ0) is 22.7. The Morgan fingerprint density at radius 3 is 2.44 bits per heavy atom. The molecule has 0 spiro atoms. The van der Waals surface area contributed by atoms with E-state index in [1.165, 1.54) is 44.9 Å². The number of hydrogen-bond acceptors (Lipinski definition) is 2. The smallest absolute Gasteiger partial charge is 0.253 e. The predicted molar refractivity (Wildman–Crippen MR) is 129 cm³/mol. The van der Waals surface area contributed by atoms with E-state index in [4.69, 9.17) is 0 Å². The van der Waals surface area contributed by atoms with Crippen LogP contribution >= 0.6 is 0 Å². The van der Waals surface area contributed by atoms with E-state index in [0.717, 1.165) is 48.0 Å². The highest BCUT2D eigenvalue weighted by molar-refractivity contribution is 5.94. The molecular weight excluding hydrogens is 394 g/mol. The van der Waals surface area contributed by atoms with Crippen LogP contribution in [0.2, 0.25) is 0 Å². The molecule has 32 heavy (non-hydrogen) atoms. The first-order valence-corrected chi connectivity index (χ1v) is 13.3. The van der Waals surface area contributed by atoms with Crippen LogP contribution in [-0.2, 0) is 0 Å². The predicted octanol–water partition coefficient (Wildman–Crippen LogP) is 6.17. The summed E-state index contributed by atoms with van der Waals surface area (Å²) in [4.78, 5) is 15.2. The van der Waals surface area contributed by atoms with Crippen molar-refractivity contribution in [3.8, 4) is 0 Å². The molecule has 0 bridgehead atoms. The Kier molecular flexibility index (Phi) is 5.72. The molecule has 0 radical (unpaired) electrons. The highest BCUT2D eigenvalue weighted by Gasteiger charge is 2.58. The maximum Gasteiger partial charge on any atom is 0.253 e. The Labute approximate surface area is 195 Å². The molecule has 1 aromatic carbocycles. The number of nitrogens with zero attached hydrogens (tertiary/aromatic N) is 1. The van der Waals surface area contributed by atoms with Crippen molar-refractivity contribution in [3.63, 3.8) is 0 Å². The van der Waals surface area contributed by atoms with Gasteiger partial charge in [-0.1, -0.05) is 25.1 Å². The minimum absolute atomic E-state index is 0.161.